The summed E-state index contributed by atoms with van der Waals surface area (Å²) in [6.07, 6.45) is -49.7. The molecule has 0 radical (unpaired) electrons. The summed E-state index contributed by atoms with van der Waals surface area (Å²) in [5.74, 6) is -5.68. The molecule has 6 aliphatic rings. The monoisotopic (exact) mass is 912 g/mol. The number of aliphatic hydroxyl groups excluding tert-OH is 14. The van der Waals surface area contributed by atoms with Crippen molar-refractivity contribution in [3.05, 3.63) is 0 Å². The minimum absolute atomic E-state index is 0.529. The van der Waals surface area contributed by atoms with E-state index in [0.29, 0.717) is 0 Å². The molecule has 0 amide bonds. The van der Waals surface area contributed by atoms with E-state index in [-0.39, 0.29) is 0 Å². The van der Waals surface area contributed by atoms with Crippen molar-refractivity contribution in [2.24, 2.45) is 0 Å². The Morgan fingerprint density at radius 2 is 0.984 bits per heavy atom. The van der Waals surface area contributed by atoms with Crippen molar-refractivity contribution >= 4 is 11.9 Å². The summed E-state index contributed by atoms with van der Waals surface area (Å²) in [6, 6.07) is 0. The highest BCUT2D eigenvalue weighted by Gasteiger charge is 2.59. The third-order valence-corrected chi connectivity index (χ3v) is 11.4. The smallest absolute Gasteiger partial charge is 0.364 e. The fourth-order valence-corrected chi connectivity index (χ4v) is 7.73. The summed E-state index contributed by atoms with van der Waals surface area (Å²) in [6.45, 7) is -2.38. The zero-order valence-electron chi connectivity index (χ0n) is 32.2. The lowest BCUT2D eigenvalue weighted by Crippen LogP contribution is -2.69. The van der Waals surface area contributed by atoms with Gasteiger partial charge in [-0.25, -0.2) is 9.59 Å². The number of rotatable bonds is 13. The largest absolute Gasteiger partial charge is 0.479 e. The summed E-state index contributed by atoms with van der Waals surface area (Å²) in [5, 5.41) is 168. The molecule has 0 unspecified atom stereocenters. The standard InChI is InChI=1S/C33H52O29/c1-33(32(50)51)52-5-9-20(62-33)14(41)16(43)28(56-9)59-23-15(42)17(44)29(61-25(23)26(47)48)57-22-12(39)8(4-36)54-30(19(22)46)60-24-13(40)10(37)6(2-34)55-31(24)58-21-11(38)7(3-35)53-27(49)18(21)45/h6-25,27-31,34-46,49H,2-5H2,1H3,(H,47,48)(H,50,51)/t6-,7-,8-,9-,10-,11+,12-,13+,14-,15-,16-,17-,18-,19+,20+,21+,22+,23+,24+,25+,27-,28-,29+,30-,31-,33+/m1/s1. The zero-order chi connectivity index (χ0) is 45.7. The predicted molar refractivity (Wildman–Crippen MR) is 181 cm³/mol. The van der Waals surface area contributed by atoms with Crippen LogP contribution in [-0.4, -0.2) is 279 Å². The lowest BCUT2D eigenvalue weighted by Gasteiger charge is -2.50. The highest BCUT2D eigenvalue weighted by atomic mass is 16.8. The van der Waals surface area contributed by atoms with Crippen molar-refractivity contribution in [2.45, 2.75) is 166 Å². The molecule has 358 valence electrons. The van der Waals surface area contributed by atoms with Crippen molar-refractivity contribution in [1.82, 2.24) is 0 Å². The van der Waals surface area contributed by atoms with Gasteiger partial charge in [0.05, 0.1) is 26.4 Å². The van der Waals surface area contributed by atoms with E-state index < -0.39 is 198 Å². The molecule has 6 rings (SSSR count). The Morgan fingerprint density at radius 3 is 1.58 bits per heavy atom. The lowest BCUT2D eigenvalue weighted by molar-refractivity contribution is -0.404. The van der Waals surface area contributed by atoms with Crippen LogP contribution in [0.3, 0.4) is 0 Å². The normalized spacial score (nSPS) is 52.5. The number of ether oxygens (including phenoxy) is 11. The number of aliphatic carboxylic acids is 2. The fraction of sp³-hybridized carbons (Fsp3) is 0.939. The summed E-state index contributed by atoms with van der Waals surface area (Å²) < 4.78 is 59.8. The summed E-state index contributed by atoms with van der Waals surface area (Å²) in [4.78, 5) is 24.1. The van der Waals surface area contributed by atoms with Crippen LogP contribution in [0.5, 0.6) is 0 Å². The Kier molecular flexibility index (Phi) is 15.8. The van der Waals surface area contributed by atoms with Crippen molar-refractivity contribution in [3.63, 3.8) is 0 Å². The van der Waals surface area contributed by atoms with Gasteiger partial charge in [0.2, 0.25) is 0 Å². The maximum Gasteiger partial charge on any atom is 0.364 e. The van der Waals surface area contributed by atoms with Crippen LogP contribution in [0.25, 0.3) is 0 Å². The van der Waals surface area contributed by atoms with Crippen LogP contribution in [0.4, 0.5) is 0 Å². The Bertz CT molecular complexity index is 1510. The molecular formula is C33H52O29. The van der Waals surface area contributed by atoms with E-state index in [9.17, 15) is 91.3 Å². The maximum atomic E-state index is 12.5. The van der Waals surface area contributed by atoms with Gasteiger partial charge in [0, 0.05) is 6.92 Å². The van der Waals surface area contributed by atoms with E-state index in [2.05, 4.69) is 0 Å². The molecule has 0 aromatic heterocycles. The average molecular weight is 913 g/mol. The molecule has 26 atom stereocenters. The van der Waals surface area contributed by atoms with Gasteiger partial charge in [-0.15, -0.1) is 0 Å². The second-order valence-electron chi connectivity index (χ2n) is 15.5. The highest BCUT2D eigenvalue weighted by molar-refractivity contribution is 5.75. The number of hydrogen-bond donors (Lipinski definition) is 16. The van der Waals surface area contributed by atoms with Crippen molar-refractivity contribution in [2.75, 3.05) is 26.4 Å². The summed E-state index contributed by atoms with van der Waals surface area (Å²) in [5.41, 5.74) is 0. The average Bonchev–Trinajstić information content (AvgIpc) is 3.23. The number of carboxylic acids is 2. The first kappa shape index (κ1) is 49.4. The highest BCUT2D eigenvalue weighted by Crippen LogP contribution is 2.38. The van der Waals surface area contributed by atoms with Gasteiger partial charge in [0.25, 0.3) is 5.79 Å². The first-order chi connectivity index (χ1) is 29.2. The Balaban J connectivity index is 1.18. The van der Waals surface area contributed by atoms with Crippen LogP contribution >= 0.6 is 0 Å². The van der Waals surface area contributed by atoms with Crippen LogP contribution in [-0.2, 0) is 61.7 Å². The molecule has 6 fully saturated rings. The quantitative estimate of drug-likeness (QED) is 0.0816. The van der Waals surface area contributed by atoms with Gasteiger partial charge in [-0.2, -0.15) is 0 Å². The Hall–Kier alpha value is -2.06. The van der Waals surface area contributed by atoms with Crippen molar-refractivity contribution < 1.29 is 143 Å². The number of carboxylic acid groups (broad SMARTS) is 2. The summed E-state index contributed by atoms with van der Waals surface area (Å²) in [7, 11) is 0. The number of aliphatic hydroxyl groups is 14. The van der Waals surface area contributed by atoms with Crippen LogP contribution in [0.1, 0.15) is 6.92 Å². The first-order valence-corrected chi connectivity index (χ1v) is 19.2. The molecule has 6 aliphatic heterocycles. The van der Waals surface area contributed by atoms with E-state index >= 15 is 0 Å². The van der Waals surface area contributed by atoms with Gasteiger partial charge >= 0.3 is 11.9 Å². The third-order valence-electron chi connectivity index (χ3n) is 11.4. The zero-order valence-corrected chi connectivity index (χ0v) is 32.2. The third kappa shape index (κ3) is 9.46. The molecule has 0 saturated carbocycles. The van der Waals surface area contributed by atoms with Crippen LogP contribution in [0, 0.1) is 0 Å². The van der Waals surface area contributed by atoms with Gasteiger partial charge in [0.15, 0.2) is 37.6 Å². The molecule has 62 heavy (non-hydrogen) atoms. The van der Waals surface area contributed by atoms with Crippen molar-refractivity contribution in [1.29, 1.82) is 0 Å². The summed E-state index contributed by atoms with van der Waals surface area (Å²) >= 11 is 0. The van der Waals surface area contributed by atoms with E-state index in [1.54, 1.807) is 0 Å². The Morgan fingerprint density at radius 1 is 0.516 bits per heavy atom. The van der Waals surface area contributed by atoms with Crippen LogP contribution in [0.2, 0.25) is 0 Å². The molecule has 0 aromatic carbocycles. The number of hydrogen-bond acceptors (Lipinski definition) is 27. The van der Waals surface area contributed by atoms with Gasteiger partial charge in [-0.3, -0.25) is 0 Å². The SMILES string of the molecule is C[C@]1(C(=O)O)OC[C@H]2O[C@H](O[C@H]3[C@H](O)[C@@H](O)[C@@H](O[C@@H]4[C@H](O)[C@@H](O[C@@H]5[C@@H](O[C@@H]6[C@@H](O)[C@H](O)O[C@H](CO)[C@@H]6O)O[C@H](CO)[C@@H](O)[C@@H]5O)O[C@H](CO)[C@H]4O)O[C@@H]3C(=O)O)[C@H](O)[C@@H](O)[C@H]2O1. The molecule has 6 saturated heterocycles. The molecule has 0 aliphatic carbocycles. The van der Waals surface area contributed by atoms with Gasteiger partial charge in [-0.05, 0) is 0 Å². The molecule has 29 heteroatoms. The van der Waals surface area contributed by atoms with Crippen LogP contribution in [0.15, 0.2) is 0 Å². The molecule has 0 aromatic rings. The molecule has 6 heterocycles. The van der Waals surface area contributed by atoms with E-state index in [1.165, 1.54) is 0 Å². The topological polar surface area (TPSA) is 459 Å². The van der Waals surface area contributed by atoms with E-state index in [1.807, 2.05) is 0 Å². The predicted octanol–water partition coefficient (Wildman–Crippen LogP) is -11.0. The van der Waals surface area contributed by atoms with E-state index in [0.717, 1.165) is 6.92 Å². The molecule has 0 spiro atoms. The van der Waals surface area contributed by atoms with Crippen molar-refractivity contribution in [3.8, 4) is 0 Å². The van der Waals surface area contributed by atoms with Crippen LogP contribution < -0.4 is 0 Å². The van der Waals surface area contributed by atoms with Gasteiger partial charge in [0.1, 0.15) is 116 Å². The Labute approximate surface area is 348 Å². The first-order valence-electron chi connectivity index (χ1n) is 19.2. The van der Waals surface area contributed by atoms with E-state index in [4.69, 9.17) is 52.1 Å². The minimum atomic E-state index is -2.33. The lowest BCUT2D eigenvalue weighted by atomic mass is 9.95. The van der Waals surface area contributed by atoms with Gasteiger partial charge in [-0.1, -0.05) is 0 Å². The molecule has 16 N–H and O–H groups in total. The number of fused-ring (bicyclic) bond motifs is 1. The maximum absolute atomic E-state index is 12.5. The number of carbonyl (C=O) groups is 2. The fourth-order valence-electron chi connectivity index (χ4n) is 7.73. The minimum Gasteiger partial charge on any atom is -0.479 e. The molecule has 29 nitrogen and oxygen atoms in total. The van der Waals surface area contributed by atoms with Gasteiger partial charge < -0.3 is 134 Å². The molecular weight excluding hydrogens is 860 g/mol. The second kappa shape index (κ2) is 19.8. The molecule has 0 bridgehead atoms. The second-order valence-corrected chi connectivity index (χ2v) is 15.5.